The van der Waals surface area contributed by atoms with Crippen LogP contribution in [0, 0.1) is 5.82 Å². The molecule has 0 unspecified atom stereocenters. The van der Waals surface area contributed by atoms with Gasteiger partial charge in [-0.05, 0) is 24.3 Å². The van der Waals surface area contributed by atoms with Gasteiger partial charge in [0.25, 0.3) is 0 Å². The third-order valence-corrected chi connectivity index (χ3v) is 2.75. The Morgan fingerprint density at radius 3 is 3.05 bits per heavy atom. The highest BCUT2D eigenvalue weighted by Gasteiger charge is 2.06. The molecule has 2 heterocycles. The SMILES string of the molecule is COc1cc(Nc2ncnn3cccc23)ccc1F. The van der Waals surface area contributed by atoms with Crippen molar-refractivity contribution in [3.63, 3.8) is 0 Å². The zero-order chi connectivity index (χ0) is 13.2. The summed E-state index contributed by atoms with van der Waals surface area (Å²) in [4.78, 5) is 4.17. The van der Waals surface area contributed by atoms with E-state index in [9.17, 15) is 4.39 Å². The molecule has 3 rings (SSSR count). The Bertz CT molecular complexity index is 725. The lowest BCUT2D eigenvalue weighted by molar-refractivity contribution is 0.387. The number of ether oxygens (including phenoxy) is 1. The number of halogens is 1. The van der Waals surface area contributed by atoms with Crippen molar-refractivity contribution in [3.05, 3.63) is 48.7 Å². The number of aromatic nitrogens is 3. The molecular weight excluding hydrogens is 247 g/mol. The van der Waals surface area contributed by atoms with E-state index in [0.29, 0.717) is 11.5 Å². The molecule has 0 aliphatic carbocycles. The van der Waals surface area contributed by atoms with Gasteiger partial charge in [-0.15, -0.1) is 0 Å². The Kier molecular flexibility index (Phi) is 2.75. The van der Waals surface area contributed by atoms with Gasteiger partial charge in [-0.1, -0.05) is 0 Å². The minimum Gasteiger partial charge on any atom is -0.494 e. The standard InChI is InChI=1S/C13H11FN4O/c1-19-12-7-9(4-5-10(12)14)17-13-11-3-2-6-18(11)16-8-15-13/h2-8H,1H3,(H,15,16,17). The number of rotatable bonds is 3. The summed E-state index contributed by atoms with van der Waals surface area (Å²) in [5, 5.41) is 7.19. The van der Waals surface area contributed by atoms with Crippen LogP contribution >= 0.6 is 0 Å². The van der Waals surface area contributed by atoms with E-state index in [1.807, 2.05) is 18.3 Å². The highest BCUT2D eigenvalue weighted by atomic mass is 19.1. The monoisotopic (exact) mass is 258 g/mol. The lowest BCUT2D eigenvalue weighted by Crippen LogP contribution is -2.00. The third-order valence-electron chi connectivity index (χ3n) is 2.75. The summed E-state index contributed by atoms with van der Waals surface area (Å²) >= 11 is 0. The number of nitrogens with zero attached hydrogens (tertiary/aromatic N) is 3. The zero-order valence-corrected chi connectivity index (χ0v) is 10.2. The summed E-state index contributed by atoms with van der Waals surface area (Å²) in [6, 6.07) is 8.32. The van der Waals surface area contributed by atoms with E-state index in [-0.39, 0.29) is 5.75 Å². The van der Waals surface area contributed by atoms with E-state index in [1.54, 1.807) is 16.6 Å². The number of nitrogens with one attached hydrogen (secondary N) is 1. The molecular formula is C13H11FN4O. The van der Waals surface area contributed by atoms with Crippen LogP contribution in [0.5, 0.6) is 5.75 Å². The predicted octanol–water partition coefficient (Wildman–Crippen LogP) is 2.62. The van der Waals surface area contributed by atoms with Crippen LogP contribution in [0.15, 0.2) is 42.9 Å². The Labute approximate surface area is 108 Å². The van der Waals surface area contributed by atoms with Crippen LogP contribution in [0.4, 0.5) is 15.9 Å². The van der Waals surface area contributed by atoms with Crippen LogP contribution in [-0.2, 0) is 0 Å². The van der Waals surface area contributed by atoms with Crippen molar-refractivity contribution in [2.45, 2.75) is 0 Å². The van der Waals surface area contributed by atoms with Crippen LogP contribution < -0.4 is 10.1 Å². The molecule has 0 amide bonds. The van der Waals surface area contributed by atoms with E-state index in [4.69, 9.17) is 4.74 Å². The van der Waals surface area contributed by atoms with Crippen LogP contribution in [0.3, 0.4) is 0 Å². The second kappa shape index (κ2) is 4.56. The van der Waals surface area contributed by atoms with Crippen molar-refractivity contribution < 1.29 is 9.13 Å². The largest absolute Gasteiger partial charge is 0.494 e. The first-order chi connectivity index (χ1) is 9.28. The number of benzene rings is 1. The van der Waals surface area contributed by atoms with E-state index in [0.717, 1.165) is 5.52 Å². The molecule has 1 aromatic carbocycles. The van der Waals surface area contributed by atoms with Gasteiger partial charge in [-0.25, -0.2) is 13.9 Å². The summed E-state index contributed by atoms with van der Waals surface area (Å²) in [7, 11) is 1.43. The number of anilines is 2. The molecule has 0 bridgehead atoms. The van der Waals surface area contributed by atoms with E-state index >= 15 is 0 Å². The summed E-state index contributed by atoms with van der Waals surface area (Å²) < 4.78 is 20.0. The van der Waals surface area contributed by atoms with E-state index < -0.39 is 5.82 Å². The number of hydrogen-bond donors (Lipinski definition) is 1. The average Bonchev–Trinajstić information content (AvgIpc) is 2.90. The maximum Gasteiger partial charge on any atom is 0.165 e. The Hall–Kier alpha value is -2.63. The molecule has 6 heteroatoms. The van der Waals surface area contributed by atoms with E-state index in [1.165, 1.54) is 19.5 Å². The van der Waals surface area contributed by atoms with Gasteiger partial charge in [-0.3, -0.25) is 0 Å². The summed E-state index contributed by atoms with van der Waals surface area (Å²) in [6.07, 6.45) is 3.28. The van der Waals surface area contributed by atoms with Gasteiger partial charge in [-0.2, -0.15) is 5.10 Å². The molecule has 0 aliphatic heterocycles. The van der Waals surface area contributed by atoms with Crippen LogP contribution in [0.2, 0.25) is 0 Å². The van der Waals surface area contributed by atoms with Gasteiger partial charge < -0.3 is 10.1 Å². The Morgan fingerprint density at radius 1 is 1.32 bits per heavy atom. The van der Waals surface area contributed by atoms with Gasteiger partial charge in [0.15, 0.2) is 17.4 Å². The molecule has 0 fully saturated rings. The van der Waals surface area contributed by atoms with Crippen LogP contribution in [-0.4, -0.2) is 21.7 Å². The molecule has 0 radical (unpaired) electrons. The van der Waals surface area contributed by atoms with Crippen molar-refractivity contribution in [2.24, 2.45) is 0 Å². The van der Waals surface area contributed by atoms with Crippen LogP contribution in [0.1, 0.15) is 0 Å². The third kappa shape index (κ3) is 2.08. The fraction of sp³-hybridized carbons (Fsp3) is 0.0769. The molecule has 0 atom stereocenters. The smallest absolute Gasteiger partial charge is 0.165 e. The van der Waals surface area contributed by atoms with Gasteiger partial charge in [0.05, 0.1) is 7.11 Å². The summed E-state index contributed by atoms with van der Waals surface area (Å²) in [5.74, 6) is 0.433. The topological polar surface area (TPSA) is 51.5 Å². The zero-order valence-electron chi connectivity index (χ0n) is 10.2. The summed E-state index contributed by atoms with van der Waals surface area (Å²) in [5.41, 5.74) is 1.53. The molecule has 5 nitrogen and oxygen atoms in total. The lowest BCUT2D eigenvalue weighted by Gasteiger charge is -2.09. The summed E-state index contributed by atoms with van der Waals surface area (Å²) in [6.45, 7) is 0. The van der Waals surface area contributed by atoms with Crippen molar-refractivity contribution in [1.29, 1.82) is 0 Å². The first-order valence-corrected chi connectivity index (χ1v) is 5.67. The molecule has 3 aromatic rings. The molecule has 0 aliphatic rings. The highest BCUT2D eigenvalue weighted by molar-refractivity contribution is 5.73. The van der Waals surface area contributed by atoms with Crippen molar-refractivity contribution in [1.82, 2.24) is 14.6 Å². The fourth-order valence-electron chi connectivity index (χ4n) is 1.84. The molecule has 0 saturated carbocycles. The first kappa shape index (κ1) is 11.5. The maximum absolute atomic E-state index is 13.3. The number of hydrogen-bond acceptors (Lipinski definition) is 4. The highest BCUT2D eigenvalue weighted by Crippen LogP contribution is 2.25. The first-order valence-electron chi connectivity index (χ1n) is 5.67. The molecule has 2 aromatic heterocycles. The maximum atomic E-state index is 13.3. The minimum absolute atomic E-state index is 0.186. The quantitative estimate of drug-likeness (QED) is 0.784. The molecule has 96 valence electrons. The van der Waals surface area contributed by atoms with Crippen molar-refractivity contribution >= 4 is 17.0 Å². The van der Waals surface area contributed by atoms with Crippen LogP contribution in [0.25, 0.3) is 5.52 Å². The van der Waals surface area contributed by atoms with E-state index in [2.05, 4.69) is 15.4 Å². The van der Waals surface area contributed by atoms with Gasteiger partial charge in [0.1, 0.15) is 11.8 Å². The van der Waals surface area contributed by atoms with Crippen molar-refractivity contribution in [3.8, 4) is 5.75 Å². The van der Waals surface area contributed by atoms with Gasteiger partial charge >= 0.3 is 0 Å². The second-order valence-corrected chi connectivity index (χ2v) is 3.92. The average molecular weight is 258 g/mol. The molecule has 0 saturated heterocycles. The second-order valence-electron chi connectivity index (χ2n) is 3.92. The fourth-order valence-corrected chi connectivity index (χ4v) is 1.84. The number of methoxy groups -OCH3 is 1. The number of fused-ring (bicyclic) bond motifs is 1. The molecule has 0 spiro atoms. The Balaban J connectivity index is 1.99. The normalized spacial score (nSPS) is 10.6. The Morgan fingerprint density at radius 2 is 2.21 bits per heavy atom. The van der Waals surface area contributed by atoms with Gasteiger partial charge in [0, 0.05) is 18.0 Å². The predicted molar refractivity (Wildman–Crippen MR) is 69.2 cm³/mol. The van der Waals surface area contributed by atoms with Gasteiger partial charge in [0.2, 0.25) is 0 Å². The van der Waals surface area contributed by atoms with Crippen molar-refractivity contribution in [2.75, 3.05) is 12.4 Å². The molecule has 19 heavy (non-hydrogen) atoms. The molecule has 1 N–H and O–H groups in total. The lowest BCUT2D eigenvalue weighted by atomic mass is 10.3. The minimum atomic E-state index is -0.399.